The molecular weight excluding hydrogens is 349 g/mol. The fourth-order valence-electron chi connectivity index (χ4n) is 3.58. The van der Waals surface area contributed by atoms with Crippen LogP contribution < -0.4 is 16.4 Å². The Hall–Kier alpha value is -2.41. The lowest BCUT2D eigenvalue weighted by molar-refractivity contribution is 0.364. The smallest absolute Gasteiger partial charge is 0.184 e. The zero-order chi connectivity index (χ0) is 17.7. The zero-order valence-corrected chi connectivity index (χ0v) is 15.0. The Morgan fingerprint density at radius 3 is 2.69 bits per heavy atom. The SMILES string of the molecule is Nc1ncc(F)c([C@H]2C[C@H](Nc3nc4ccccc4s3)C2)c1NC1CC1. The fraction of sp³-hybridized carbons (Fsp3) is 0.368. The number of hydrogen-bond donors (Lipinski definition) is 3. The number of halogens is 1. The normalized spacial score (nSPS) is 22.2. The third-order valence-electron chi connectivity index (χ3n) is 5.19. The monoisotopic (exact) mass is 369 g/mol. The summed E-state index contributed by atoms with van der Waals surface area (Å²) in [6, 6.07) is 8.84. The van der Waals surface area contributed by atoms with E-state index in [0.29, 0.717) is 29.2 Å². The Morgan fingerprint density at radius 1 is 1.12 bits per heavy atom. The van der Waals surface area contributed by atoms with Crippen molar-refractivity contribution < 1.29 is 4.39 Å². The average Bonchev–Trinajstić information content (AvgIpc) is 3.32. The maximum Gasteiger partial charge on any atom is 0.184 e. The first-order valence-electron chi connectivity index (χ1n) is 9.00. The number of thiazole rings is 1. The van der Waals surface area contributed by atoms with E-state index < -0.39 is 0 Å². The van der Waals surface area contributed by atoms with Gasteiger partial charge in [-0.05, 0) is 43.7 Å². The molecule has 2 fully saturated rings. The standard InChI is InChI=1S/C19H20FN5S/c20-13-9-22-18(21)17(23-11-5-6-11)16(13)10-7-12(8-10)24-19-25-14-3-1-2-4-15(14)26-19/h1-4,9-12,23H,5-8H2,(H2,21,22)(H,24,25)/t10-,12-. The van der Waals surface area contributed by atoms with E-state index in [2.05, 4.69) is 26.7 Å². The summed E-state index contributed by atoms with van der Waals surface area (Å²) in [6.07, 6.45) is 5.21. The molecule has 2 saturated carbocycles. The van der Waals surface area contributed by atoms with Crippen molar-refractivity contribution in [3.8, 4) is 0 Å². The zero-order valence-electron chi connectivity index (χ0n) is 14.2. The van der Waals surface area contributed by atoms with E-state index in [4.69, 9.17) is 5.73 Å². The van der Waals surface area contributed by atoms with Crippen LogP contribution in [0.5, 0.6) is 0 Å². The lowest BCUT2D eigenvalue weighted by Crippen LogP contribution is -2.35. The minimum Gasteiger partial charge on any atom is -0.382 e. The predicted octanol–water partition coefficient (Wildman–Crippen LogP) is 4.35. The Bertz CT molecular complexity index is 929. The highest BCUT2D eigenvalue weighted by atomic mass is 32.1. The van der Waals surface area contributed by atoms with Gasteiger partial charge in [0.2, 0.25) is 0 Å². The minimum atomic E-state index is -0.259. The number of fused-ring (bicyclic) bond motifs is 1. The molecule has 134 valence electrons. The molecule has 7 heteroatoms. The molecule has 2 aliphatic carbocycles. The number of nitrogen functional groups attached to an aromatic ring is 1. The van der Waals surface area contributed by atoms with Crippen molar-refractivity contribution in [1.29, 1.82) is 0 Å². The van der Waals surface area contributed by atoms with Crippen LogP contribution in [-0.4, -0.2) is 22.1 Å². The van der Waals surface area contributed by atoms with Gasteiger partial charge in [0.25, 0.3) is 0 Å². The molecule has 0 unspecified atom stereocenters. The first-order valence-corrected chi connectivity index (χ1v) is 9.81. The van der Waals surface area contributed by atoms with E-state index in [1.165, 1.54) is 10.9 Å². The molecule has 5 rings (SSSR count). The molecule has 0 atom stereocenters. The van der Waals surface area contributed by atoms with Crippen LogP contribution >= 0.6 is 11.3 Å². The van der Waals surface area contributed by atoms with Gasteiger partial charge < -0.3 is 16.4 Å². The van der Waals surface area contributed by atoms with Crippen LogP contribution in [0.25, 0.3) is 10.2 Å². The fourth-order valence-corrected chi connectivity index (χ4v) is 4.52. The molecule has 0 saturated heterocycles. The highest BCUT2D eigenvalue weighted by Crippen LogP contribution is 2.45. The summed E-state index contributed by atoms with van der Waals surface area (Å²) >= 11 is 1.66. The largest absolute Gasteiger partial charge is 0.382 e. The van der Waals surface area contributed by atoms with Gasteiger partial charge in [0.15, 0.2) is 5.13 Å². The number of nitrogens with one attached hydrogen (secondary N) is 2. The molecule has 2 aromatic heterocycles. The van der Waals surface area contributed by atoms with Gasteiger partial charge in [-0.2, -0.15) is 0 Å². The first-order chi connectivity index (χ1) is 12.7. The van der Waals surface area contributed by atoms with Crippen molar-refractivity contribution >= 4 is 38.2 Å². The van der Waals surface area contributed by atoms with Crippen molar-refractivity contribution in [2.24, 2.45) is 0 Å². The molecule has 26 heavy (non-hydrogen) atoms. The topological polar surface area (TPSA) is 75.9 Å². The molecule has 0 bridgehead atoms. The summed E-state index contributed by atoms with van der Waals surface area (Å²) in [5.74, 6) is 0.301. The van der Waals surface area contributed by atoms with Crippen molar-refractivity contribution in [2.75, 3.05) is 16.4 Å². The van der Waals surface area contributed by atoms with E-state index in [0.717, 1.165) is 36.3 Å². The highest BCUT2D eigenvalue weighted by molar-refractivity contribution is 7.22. The van der Waals surface area contributed by atoms with Crippen LogP contribution in [0.3, 0.4) is 0 Å². The molecule has 2 heterocycles. The second-order valence-electron chi connectivity index (χ2n) is 7.19. The predicted molar refractivity (Wildman–Crippen MR) is 104 cm³/mol. The number of pyridine rings is 1. The molecule has 2 aliphatic rings. The molecule has 5 nitrogen and oxygen atoms in total. The van der Waals surface area contributed by atoms with Gasteiger partial charge in [0.1, 0.15) is 11.6 Å². The Morgan fingerprint density at radius 2 is 1.92 bits per heavy atom. The van der Waals surface area contributed by atoms with E-state index in [1.54, 1.807) is 11.3 Å². The summed E-state index contributed by atoms with van der Waals surface area (Å²) < 4.78 is 15.7. The number of para-hydroxylation sites is 1. The number of anilines is 3. The third kappa shape index (κ3) is 2.86. The summed E-state index contributed by atoms with van der Waals surface area (Å²) in [5.41, 5.74) is 8.44. The molecule has 4 N–H and O–H groups in total. The molecule has 0 amide bonds. The molecule has 0 spiro atoms. The number of benzene rings is 1. The molecule has 0 aliphatic heterocycles. The van der Waals surface area contributed by atoms with E-state index >= 15 is 0 Å². The van der Waals surface area contributed by atoms with E-state index in [-0.39, 0.29) is 11.7 Å². The number of rotatable bonds is 5. The van der Waals surface area contributed by atoms with Crippen LogP contribution in [0.15, 0.2) is 30.5 Å². The summed E-state index contributed by atoms with van der Waals surface area (Å²) in [6.45, 7) is 0. The van der Waals surface area contributed by atoms with Crippen molar-refractivity contribution in [1.82, 2.24) is 9.97 Å². The van der Waals surface area contributed by atoms with Gasteiger partial charge in [-0.1, -0.05) is 23.5 Å². The lowest BCUT2D eigenvalue weighted by Gasteiger charge is -2.37. The van der Waals surface area contributed by atoms with Crippen LogP contribution in [-0.2, 0) is 0 Å². The minimum absolute atomic E-state index is 0.161. The third-order valence-corrected chi connectivity index (χ3v) is 6.16. The highest BCUT2D eigenvalue weighted by Gasteiger charge is 2.36. The molecule has 0 radical (unpaired) electrons. The van der Waals surface area contributed by atoms with Crippen LogP contribution in [0.4, 0.5) is 21.0 Å². The van der Waals surface area contributed by atoms with E-state index in [9.17, 15) is 4.39 Å². The lowest BCUT2D eigenvalue weighted by atomic mass is 9.75. The van der Waals surface area contributed by atoms with Crippen LogP contribution in [0, 0.1) is 5.82 Å². The van der Waals surface area contributed by atoms with Gasteiger partial charge in [0.05, 0.1) is 22.1 Å². The number of aromatic nitrogens is 2. The van der Waals surface area contributed by atoms with Crippen LogP contribution in [0.1, 0.15) is 37.2 Å². The van der Waals surface area contributed by atoms with Gasteiger partial charge in [-0.25, -0.2) is 14.4 Å². The average molecular weight is 369 g/mol. The maximum atomic E-state index is 14.5. The van der Waals surface area contributed by atoms with Crippen molar-refractivity contribution in [3.63, 3.8) is 0 Å². The summed E-state index contributed by atoms with van der Waals surface area (Å²) in [7, 11) is 0. The quantitative estimate of drug-likeness (QED) is 0.623. The Balaban J connectivity index is 1.31. The van der Waals surface area contributed by atoms with E-state index in [1.807, 2.05) is 18.2 Å². The van der Waals surface area contributed by atoms with Crippen molar-refractivity contribution in [3.05, 3.63) is 41.8 Å². The molecular formula is C19H20FN5S. The number of nitrogens with two attached hydrogens (primary N) is 1. The first kappa shape index (κ1) is 15.8. The molecule has 1 aromatic carbocycles. The van der Waals surface area contributed by atoms with Crippen LogP contribution in [0.2, 0.25) is 0 Å². The van der Waals surface area contributed by atoms with Gasteiger partial charge >= 0.3 is 0 Å². The Kier molecular flexibility index (Phi) is 3.70. The number of nitrogens with zero attached hydrogens (tertiary/aromatic N) is 2. The Labute approximate surface area is 154 Å². The van der Waals surface area contributed by atoms with Gasteiger partial charge in [-0.15, -0.1) is 0 Å². The second-order valence-corrected chi connectivity index (χ2v) is 8.23. The van der Waals surface area contributed by atoms with Crippen molar-refractivity contribution in [2.45, 2.75) is 43.7 Å². The second kappa shape index (κ2) is 6.09. The summed E-state index contributed by atoms with van der Waals surface area (Å²) in [4.78, 5) is 8.61. The number of hydrogen-bond acceptors (Lipinski definition) is 6. The van der Waals surface area contributed by atoms with Gasteiger partial charge in [-0.3, -0.25) is 0 Å². The maximum absolute atomic E-state index is 14.5. The molecule has 3 aromatic rings. The van der Waals surface area contributed by atoms with Gasteiger partial charge in [0, 0.05) is 17.6 Å². The summed E-state index contributed by atoms with van der Waals surface area (Å²) in [5, 5.41) is 7.79.